The Balaban J connectivity index is 2.33. The van der Waals surface area contributed by atoms with Crippen LogP contribution in [0, 0.1) is 17.2 Å². The molecule has 3 heteroatoms. The summed E-state index contributed by atoms with van der Waals surface area (Å²) in [6.07, 6.45) is 2.74. The highest BCUT2D eigenvalue weighted by Gasteiger charge is 2.28. The highest BCUT2D eigenvalue weighted by atomic mass is 15.1. The van der Waals surface area contributed by atoms with E-state index in [-0.39, 0.29) is 0 Å². The highest BCUT2D eigenvalue weighted by Crippen LogP contribution is 2.29. The highest BCUT2D eigenvalue weighted by molar-refractivity contribution is 5.05. The Morgan fingerprint density at radius 1 is 1.57 bits per heavy atom. The minimum atomic E-state index is -0.390. The third kappa shape index (κ3) is 3.65. The van der Waals surface area contributed by atoms with E-state index in [1.807, 2.05) is 13.8 Å². The van der Waals surface area contributed by atoms with Gasteiger partial charge in [-0.1, -0.05) is 6.92 Å². The van der Waals surface area contributed by atoms with Gasteiger partial charge in [0.25, 0.3) is 0 Å². The summed E-state index contributed by atoms with van der Waals surface area (Å²) in [6.45, 7) is 6.81. The zero-order valence-corrected chi connectivity index (χ0v) is 9.51. The van der Waals surface area contributed by atoms with Crippen molar-refractivity contribution in [1.29, 1.82) is 5.26 Å². The van der Waals surface area contributed by atoms with Gasteiger partial charge in [0.05, 0.1) is 6.07 Å². The van der Waals surface area contributed by atoms with E-state index in [2.05, 4.69) is 23.3 Å². The van der Waals surface area contributed by atoms with Crippen molar-refractivity contribution in [2.75, 3.05) is 26.7 Å². The molecule has 1 aliphatic carbocycles. The van der Waals surface area contributed by atoms with Crippen LogP contribution in [0.4, 0.5) is 0 Å². The molecule has 0 heterocycles. The van der Waals surface area contributed by atoms with Crippen LogP contribution in [0.1, 0.15) is 26.7 Å². The fraction of sp³-hybridized carbons (Fsp3) is 0.909. The van der Waals surface area contributed by atoms with E-state index < -0.39 is 5.54 Å². The molecule has 1 fully saturated rings. The zero-order valence-electron chi connectivity index (χ0n) is 9.51. The van der Waals surface area contributed by atoms with Gasteiger partial charge in [0.15, 0.2) is 0 Å². The minimum absolute atomic E-state index is 0.390. The number of hydrogen-bond donors (Lipinski definition) is 1. The molecule has 1 N–H and O–H groups in total. The number of nitrogens with zero attached hydrogens (tertiary/aromatic N) is 2. The quantitative estimate of drug-likeness (QED) is 0.692. The second kappa shape index (κ2) is 4.77. The van der Waals surface area contributed by atoms with E-state index in [4.69, 9.17) is 5.26 Å². The number of rotatable bonds is 6. The van der Waals surface area contributed by atoms with Crippen molar-refractivity contribution in [3.63, 3.8) is 0 Å². The summed E-state index contributed by atoms with van der Waals surface area (Å²) in [4.78, 5) is 2.27. The molecule has 80 valence electrons. The van der Waals surface area contributed by atoms with Crippen molar-refractivity contribution in [2.24, 2.45) is 5.92 Å². The molecule has 1 atom stereocenters. The molecular formula is C11H21N3. The Bertz CT molecular complexity index is 217. The third-order valence-electron chi connectivity index (χ3n) is 2.67. The van der Waals surface area contributed by atoms with Crippen molar-refractivity contribution < 1.29 is 0 Å². The topological polar surface area (TPSA) is 39.1 Å². The maximum Gasteiger partial charge on any atom is 0.116 e. The monoisotopic (exact) mass is 195 g/mol. The molecule has 1 rings (SSSR count). The smallest absolute Gasteiger partial charge is 0.116 e. The van der Waals surface area contributed by atoms with Crippen molar-refractivity contribution in [2.45, 2.75) is 32.2 Å². The van der Waals surface area contributed by atoms with Gasteiger partial charge in [-0.05, 0) is 39.3 Å². The zero-order chi connectivity index (χ0) is 10.6. The summed E-state index contributed by atoms with van der Waals surface area (Å²) >= 11 is 0. The summed E-state index contributed by atoms with van der Waals surface area (Å²) < 4.78 is 0. The van der Waals surface area contributed by atoms with Gasteiger partial charge in [0.2, 0.25) is 0 Å². The predicted octanol–water partition coefficient (Wildman–Crippen LogP) is 1.22. The Kier molecular flexibility index (Phi) is 3.91. The molecule has 1 saturated carbocycles. The molecule has 0 spiro atoms. The van der Waals surface area contributed by atoms with E-state index in [1.54, 1.807) is 0 Å². The maximum atomic E-state index is 9.08. The average molecular weight is 195 g/mol. The largest absolute Gasteiger partial charge is 0.303 e. The van der Waals surface area contributed by atoms with E-state index in [9.17, 15) is 0 Å². The standard InChI is InChI=1S/C11H21N3/c1-4-13-11(2,8-12)9-14(3)7-10-5-6-10/h10,13H,4-7,9H2,1-3H3. The fourth-order valence-corrected chi connectivity index (χ4v) is 1.87. The number of nitrogens with one attached hydrogen (secondary N) is 1. The summed E-state index contributed by atoms with van der Waals surface area (Å²) in [5.41, 5.74) is -0.390. The van der Waals surface area contributed by atoms with Gasteiger partial charge in [-0.15, -0.1) is 0 Å². The summed E-state index contributed by atoms with van der Waals surface area (Å²) in [5.74, 6) is 0.893. The molecule has 0 aromatic carbocycles. The molecule has 0 saturated heterocycles. The Morgan fingerprint density at radius 3 is 2.64 bits per heavy atom. The van der Waals surface area contributed by atoms with Crippen LogP contribution >= 0.6 is 0 Å². The lowest BCUT2D eigenvalue weighted by Gasteiger charge is -2.28. The first-order chi connectivity index (χ1) is 6.59. The first-order valence-corrected chi connectivity index (χ1v) is 5.44. The van der Waals surface area contributed by atoms with Crippen LogP contribution in [0.25, 0.3) is 0 Å². The summed E-state index contributed by atoms with van der Waals surface area (Å²) in [5, 5.41) is 12.3. The van der Waals surface area contributed by atoms with Crippen molar-refractivity contribution in [3.05, 3.63) is 0 Å². The van der Waals surface area contributed by atoms with Crippen LogP contribution in [-0.2, 0) is 0 Å². The van der Waals surface area contributed by atoms with Crippen LogP contribution in [-0.4, -0.2) is 37.1 Å². The predicted molar refractivity (Wildman–Crippen MR) is 57.9 cm³/mol. The maximum absolute atomic E-state index is 9.08. The van der Waals surface area contributed by atoms with E-state index >= 15 is 0 Å². The van der Waals surface area contributed by atoms with Crippen LogP contribution in [0.3, 0.4) is 0 Å². The molecule has 3 nitrogen and oxygen atoms in total. The van der Waals surface area contributed by atoms with Gasteiger partial charge in [-0.3, -0.25) is 5.32 Å². The Hall–Kier alpha value is -0.590. The van der Waals surface area contributed by atoms with Crippen LogP contribution in [0.15, 0.2) is 0 Å². The molecule has 1 aliphatic rings. The lowest BCUT2D eigenvalue weighted by Crippen LogP contribution is -2.49. The molecule has 0 radical (unpaired) electrons. The van der Waals surface area contributed by atoms with Gasteiger partial charge in [-0.25, -0.2) is 0 Å². The molecule has 14 heavy (non-hydrogen) atoms. The normalized spacial score (nSPS) is 20.5. The van der Waals surface area contributed by atoms with E-state index in [0.29, 0.717) is 0 Å². The first kappa shape index (κ1) is 11.5. The second-order valence-electron chi connectivity index (χ2n) is 4.61. The average Bonchev–Trinajstić information content (AvgIpc) is 2.88. The summed E-state index contributed by atoms with van der Waals surface area (Å²) in [6, 6.07) is 2.35. The van der Waals surface area contributed by atoms with Crippen LogP contribution < -0.4 is 5.32 Å². The van der Waals surface area contributed by atoms with Gasteiger partial charge in [0, 0.05) is 13.1 Å². The lowest BCUT2D eigenvalue weighted by molar-refractivity contribution is 0.254. The second-order valence-corrected chi connectivity index (χ2v) is 4.61. The Labute approximate surface area is 87.1 Å². The van der Waals surface area contributed by atoms with E-state index in [0.717, 1.165) is 25.6 Å². The van der Waals surface area contributed by atoms with Crippen LogP contribution in [0.5, 0.6) is 0 Å². The van der Waals surface area contributed by atoms with Crippen molar-refractivity contribution in [3.8, 4) is 6.07 Å². The molecule has 0 bridgehead atoms. The Morgan fingerprint density at radius 2 is 2.21 bits per heavy atom. The summed E-state index contributed by atoms with van der Waals surface area (Å²) in [7, 11) is 2.10. The molecule has 0 aromatic heterocycles. The first-order valence-electron chi connectivity index (χ1n) is 5.44. The number of hydrogen-bond acceptors (Lipinski definition) is 3. The number of nitriles is 1. The van der Waals surface area contributed by atoms with Crippen molar-refractivity contribution >= 4 is 0 Å². The lowest BCUT2D eigenvalue weighted by atomic mass is 10.0. The molecule has 0 aromatic rings. The fourth-order valence-electron chi connectivity index (χ4n) is 1.87. The van der Waals surface area contributed by atoms with Crippen LogP contribution in [0.2, 0.25) is 0 Å². The molecule has 0 aliphatic heterocycles. The van der Waals surface area contributed by atoms with Gasteiger partial charge >= 0.3 is 0 Å². The number of likely N-dealkylation sites (N-methyl/N-ethyl adjacent to an activating group) is 2. The molecule has 0 amide bonds. The van der Waals surface area contributed by atoms with E-state index in [1.165, 1.54) is 12.8 Å². The molecular weight excluding hydrogens is 174 g/mol. The molecule has 1 unspecified atom stereocenters. The third-order valence-corrected chi connectivity index (χ3v) is 2.67. The van der Waals surface area contributed by atoms with Gasteiger partial charge < -0.3 is 4.90 Å². The van der Waals surface area contributed by atoms with Gasteiger partial charge in [0.1, 0.15) is 5.54 Å². The van der Waals surface area contributed by atoms with Crippen molar-refractivity contribution in [1.82, 2.24) is 10.2 Å². The SMILES string of the molecule is CCNC(C)(C#N)CN(C)CC1CC1. The van der Waals surface area contributed by atoms with Gasteiger partial charge in [-0.2, -0.15) is 5.26 Å². The minimum Gasteiger partial charge on any atom is -0.303 e.